The molecule has 0 amide bonds. The molecule has 0 bridgehead atoms. The van der Waals surface area contributed by atoms with Crippen LogP contribution in [-0.2, 0) is 6.42 Å². The number of fused-ring (bicyclic) bond motifs is 1. The Morgan fingerprint density at radius 3 is 2.92 bits per heavy atom. The average Bonchev–Trinajstić information content (AvgIpc) is 2.27. The predicted octanol–water partition coefficient (Wildman–Crippen LogP) is 2.30. The van der Waals surface area contributed by atoms with Crippen LogP contribution >= 0.6 is 0 Å². The van der Waals surface area contributed by atoms with Gasteiger partial charge in [0, 0.05) is 17.4 Å². The molecular weight excluding hydrogens is 160 g/mol. The lowest BCUT2D eigenvalue weighted by atomic mass is 9.75. The highest BCUT2D eigenvalue weighted by atomic mass is 14.8. The highest BCUT2D eigenvalue weighted by molar-refractivity contribution is 5.31. The summed E-state index contributed by atoms with van der Waals surface area (Å²) in [5, 5.41) is 0. The maximum absolute atomic E-state index is 6.12. The molecule has 1 unspecified atom stereocenters. The first-order valence-electron chi connectivity index (χ1n) is 4.92. The van der Waals surface area contributed by atoms with Crippen LogP contribution in [-0.4, -0.2) is 4.98 Å². The Morgan fingerprint density at radius 2 is 2.23 bits per heavy atom. The van der Waals surface area contributed by atoms with Crippen LogP contribution in [0.4, 0.5) is 0 Å². The standard InChI is InChI=1S/C11H18N2/c1-7-4-8-9(12)5-11(2,3)6-10(8)13-7/h4,9,13H,5-6,12H2,1-3H3. The first-order chi connectivity index (χ1) is 5.98. The zero-order chi connectivity index (χ0) is 9.64. The summed E-state index contributed by atoms with van der Waals surface area (Å²) in [5.74, 6) is 0. The van der Waals surface area contributed by atoms with E-state index in [1.54, 1.807) is 0 Å². The molecule has 1 aromatic rings. The minimum absolute atomic E-state index is 0.226. The van der Waals surface area contributed by atoms with E-state index in [2.05, 4.69) is 31.8 Å². The number of aromatic amines is 1. The lowest BCUT2D eigenvalue weighted by Crippen LogP contribution is -2.29. The van der Waals surface area contributed by atoms with E-state index in [0.717, 1.165) is 12.8 Å². The summed E-state index contributed by atoms with van der Waals surface area (Å²) in [5.41, 5.74) is 10.4. The van der Waals surface area contributed by atoms with Crippen molar-refractivity contribution < 1.29 is 0 Å². The molecule has 0 spiro atoms. The Bertz CT molecular complexity index is 323. The molecular formula is C11H18N2. The van der Waals surface area contributed by atoms with Crippen LogP contribution in [0.1, 0.15) is 43.3 Å². The maximum atomic E-state index is 6.12. The molecule has 0 aromatic carbocycles. The van der Waals surface area contributed by atoms with Crippen LogP contribution in [0.5, 0.6) is 0 Å². The summed E-state index contributed by atoms with van der Waals surface area (Å²) in [7, 11) is 0. The van der Waals surface area contributed by atoms with Crippen molar-refractivity contribution >= 4 is 0 Å². The first kappa shape index (κ1) is 8.82. The summed E-state index contributed by atoms with van der Waals surface area (Å²) in [6, 6.07) is 2.42. The third-order valence-electron chi connectivity index (χ3n) is 2.90. The van der Waals surface area contributed by atoms with Crippen molar-refractivity contribution in [3.05, 3.63) is 23.0 Å². The Balaban J connectivity index is 2.42. The van der Waals surface area contributed by atoms with Crippen molar-refractivity contribution in [1.29, 1.82) is 0 Å². The van der Waals surface area contributed by atoms with Gasteiger partial charge in [-0.2, -0.15) is 0 Å². The molecule has 0 radical (unpaired) electrons. The fourth-order valence-electron chi connectivity index (χ4n) is 2.40. The van der Waals surface area contributed by atoms with Gasteiger partial charge in [0.05, 0.1) is 0 Å². The molecule has 0 saturated carbocycles. The van der Waals surface area contributed by atoms with Gasteiger partial charge in [-0.05, 0) is 36.8 Å². The van der Waals surface area contributed by atoms with E-state index in [0.29, 0.717) is 5.41 Å². The van der Waals surface area contributed by atoms with Gasteiger partial charge in [0.2, 0.25) is 0 Å². The average molecular weight is 178 g/mol. The number of hydrogen-bond acceptors (Lipinski definition) is 1. The van der Waals surface area contributed by atoms with Gasteiger partial charge in [0.15, 0.2) is 0 Å². The lowest BCUT2D eigenvalue weighted by Gasteiger charge is -2.33. The van der Waals surface area contributed by atoms with Crippen molar-refractivity contribution in [3.63, 3.8) is 0 Å². The number of nitrogens with one attached hydrogen (secondary N) is 1. The Labute approximate surface area is 79.5 Å². The Hall–Kier alpha value is -0.760. The van der Waals surface area contributed by atoms with E-state index >= 15 is 0 Å². The van der Waals surface area contributed by atoms with Gasteiger partial charge in [-0.15, -0.1) is 0 Å². The molecule has 2 nitrogen and oxygen atoms in total. The van der Waals surface area contributed by atoms with Crippen LogP contribution in [0.25, 0.3) is 0 Å². The van der Waals surface area contributed by atoms with E-state index < -0.39 is 0 Å². The molecule has 3 N–H and O–H groups in total. The van der Waals surface area contributed by atoms with Gasteiger partial charge in [-0.3, -0.25) is 0 Å². The zero-order valence-corrected chi connectivity index (χ0v) is 8.65. The molecule has 72 valence electrons. The number of rotatable bonds is 0. The molecule has 1 heterocycles. The topological polar surface area (TPSA) is 41.8 Å². The van der Waals surface area contributed by atoms with E-state index in [4.69, 9.17) is 5.73 Å². The highest BCUT2D eigenvalue weighted by Gasteiger charge is 2.31. The number of nitrogens with two attached hydrogens (primary N) is 1. The minimum atomic E-state index is 0.226. The summed E-state index contributed by atoms with van der Waals surface area (Å²) in [6.45, 7) is 6.66. The van der Waals surface area contributed by atoms with Crippen LogP contribution in [0.3, 0.4) is 0 Å². The van der Waals surface area contributed by atoms with Crippen molar-refractivity contribution in [1.82, 2.24) is 4.98 Å². The maximum Gasteiger partial charge on any atom is 0.0318 e. The normalized spacial score (nSPS) is 25.7. The smallest absolute Gasteiger partial charge is 0.0318 e. The molecule has 2 rings (SSSR count). The van der Waals surface area contributed by atoms with Crippen molar-refractivity contribution in [2.75, 3.05) is 0 Å². The summed E-state index contributed by atoms with van der Waals surface area (Å²) >= 11 is 0. The van der Waals surface area contributed by atoms with Crippen molar-refractivity contribution in [2.24, 2.45) is 11.1 Å². The predicted molar refractivity (Wildman–Crippen MR) is 54.6 cm³/mol. The highest BCUT2D eigenvalue weighted by Crippen LogP contribution is 2.39. The van der Waals surface area contributed by atoms with Crippen molar-refractivity contribution in [2.45, 2.75) is 39.7 Å². The van der Waals surface area contributed by atoms with Crippen molar-refractivity contribution in [3.8, 4) is 0 Å². The van der Waals surface area contributed by atoms with Gasteiger partial charge in [0.25, 0.3) is 0 Å². The van der Waals surface area contributed by atoms with Crippen LogP contribution in [0.2, 0.25) is 0 Å². The molecule has 1 aromatic heterocycles. The van der Waals surface area contributed by atoms with Crippen LogP contribution in [0.15, 0.2) is 6.07 Å². The third kappa shape index (κ3) is 1.51. The monoisotopic (exact) mass is 178 g/mol. The molecule has 1 atom stereocenters. The second-order valence-corrected chi connectivity index (χ2v) is 5.04. The van der Waals surface area contributed by atoms with E-state index in [1.807, 2.05) is 0 Å². The third-order valence-corrected chi connectivity index (χ3v) is 2.90. The SMILES string of the molecule is Cc1cc2c([nH]1)CC(C)(C)CC2N. The quantitative estimate of drug-likeness (QED) is 0.629. The van der Waals surface area contributed by atoms with E-state index in [1.165, 1.54) is 17.0 Å². The van der Waals surface area contributed by atoms with Gasteiger partial charge in [-0.1, -0.05) is 13.8 Å². The lowest BCUT2D eigenvalue weighted by molar-refractivity contribution is 0.280. The fourth-order valence-corrected chi connectivity index (χ4v) is 2.40. The molecule has 2 heteroatoms. The zero-order valence-electron chi connectivity index (χ0n) is 8.65. The molecule has 13 heavy (non-hydrogen) atoms. The molecule has 1 aliphatic carbocycles. The Kier molecular flexibility index (Phi) is 1.77. The first-order valence-corrected chi connectivity index (χ1v) is 4.92. The van der Waals surface area contributed by atoms with E-state index in [-0.39, 0.29) is 6.04 Å². The summed E-state index contributed by atoms with van der Waals surface area (Å²) in [4.78, 5) is 3.40. The minimum Gasteiger partial charge on any atom is -0.362 e. The van der Waals surface area contributed by atoms with Gasteiger partial charge in [-0.25, -0.2) is 0 Å². The Morgan fingerprint density at radius 1 is 1.54 bits per heavy atom. The van der Waals surface area contributed by atoms with Crippen LogP contribution in [0, 0.1) is 12.3 Å². The molecule has 0 aliphatic heterocycles. The summed E-state index contributed by atoms with van der Waals surface area (Å²) < 4.78 is 0. The number of aryl methyl sites for hydroxylation is 1. The van der Waals surface area contributed by atoms with Gasteiger partial charge >= 0.3 is 0 Å². The van der Waals surface area contributed by atoms with E-state index in [9.17, 15) is 0 Å². The van der Waals surface area contributed by atoms with Gasteiger partial charge < -0.3 is 10.7 Å². The molecule has 0 saturated heterocycles. The molecule has 0 fully saturated rings. The second-order valence-electron chi connectivity index (χ2n) is 5.04. The molecule has 1 aliphatic rings. The summed E-state index contributed by atoms with van der Waals surface area (Å²) in [6.07, 6.45) is 2.22. The number of hydrogen-bond donors (Lipinski definition) is 2. The largest absolute Gasteiger partial charge is 0.362 e. The van der Waals surface area contributed by atoms with Gasteiger partial charge in [0.1, 0.15) is 0 Å². The van der Waals surface area contributed by atoms with Crippen LogP contribution < -0.4 is 5.73 Å². The second kappa shape index (κ2) is 2.61. The fraction of sp³-hybridized carbons (Fsp3) is 0.636. The number of H-pyrrole nitrogens is 1. The number of aromatic nitrogens is 1.